The molecule has 0 saturated heterocycles. The van der Waals surface area contributed by atoms with Gasteiger partial charge < -0.3 is 11.1 Å². The fourth-order valence-electron chi connectivity index (χ4n) is 1.48. The number of nitrogen functional groups attached to an aromatic ring is 1. The number of rotatable bonds is 4. The molecular weight excluding hydrogens is 198 g/mol. The van der Waals surface area contributed by atoms with E-state index in [9.17, 15) is 0 Å². The lowest BCUT2D eigenvalue weighted by atomic mass is 10.2. The van der Waals surface area contributed by atoms with Crippen LogP contribution in [0, 0.1) is 0 Å². The normalized spacial score (nSPS) is 10.0. The summed E-state index contributed by atoms with van der Waals surface area (Å²) < 4.78 is 0. The predicted octanol–water partition coefficient (Wildman–Crippen LogP) is 2.32. The fraction of sp³-hybridized carbons (Fsp3) is 0.154. The van der Waals surface area contributed by atoms with Gasteiger partial charge in [-0.3, -0.25) is 4.98 Å². The summed E-state index contributed by atoms with van der Waals surface area (Å²) in [4.78, 5) is 4.26. The molecule has 0 saturated carbocycles. The number of hydrogen-bond acceptors (Lipinski definition) is 3. The van der Waals surface area contributed by atoms with E-state index >= 15 is 0 Å². The maximum absolute atomic E-state index is 5.61. The molecule has 82 valence electrons. The van der Waals surface area contributed by atoms with Crippen LogP contribution in [-0.2, 0) is 6.42 Å². The molecule has 0 amide bonds. The molecule has 1 aromatic carbocycles. The molecule has 3 nitrogen and oxygen atoms in total. The maximum atomic E-state index is 5.61. The molecule has 2 aromatic rings. The van der Waals surface area contributed by atoms with Crippen LogP contribution in [0.5, 0.6) is 0 Å². The molecule has 3 N–H and O–H groups in total. The van der Waals surface area contributed by atoms with Crippen molar-refractivity contribution in [2.75, 3.05) is 17.6 Å². The molecule has 0 fully saturated rings. The van der Waals surface area contributed by atoms with E-state index in [1.54, 1.807) is 0 Å². The minimum absolute atomic E-state index is 0.787. The smallest absolute Gasteiger partial charge is 0.0421 e. The molecule has 2 rings (SSSR count). The van der Waals surface area contributed by atoms with Crippen molar-refractivity contribution in [3.8, 4) is 0 Å². The van der Waals surface area contributed by atoms with Gasteiger partial charge in [0.05, 0.1) is 0 Å². The quantitative estimate of drug-likeness (QED) is 0.766. The minimum atomic E-state index is 0.787. The first-order valence-electron chi connectivity index (χ1n) is 5.34. The minimum Gasteiger partial charge on any atom is -0.399 e. The van der Waals surface area contributed by atoms with Crippen LogP contribution in [0.3, 0.4) is 0 Å². The number of hydrogen-bond donors (Lipinski definition) is 2. The van der Waals surface area contributed by atoms with Crippen molar-refractivity contribution in [2.24, 2.45) is 0 Å². The topological polar surface area (TPSA) is 50.9 Å². The zero-order valence-electron chi connectivity index (χ0n) is 9.06. The van der Waals surface area contributed by atoms with Crippen molar-refractivity contribution >= 4 is 11.4 Å². The van der Waals surface area contributed by atoms with Gasteiger partial charge in [-0.05, 0) is 36.4 Å². The van der Waals surface area contributed by atoms with Crippen molar-refractivity contribution in [3.63, 3.8) is 0 Å². The molecule has 0 bridgehead atoms. The molecule has 0 aliphatic rings. The third kappa shape index (κ3) is 2.98. The number of nitrogens with two attached hydrogens (primary N) is 1. The Morgan fingerprint density at radius 2 is 1.88 bits per heavy atom. The number of nitrogens with one attached hydrogen (secondary N) is 1. The second-order valence-corrected chi connectivity index (χ2v) is 3.62. The Bertz CT molecular complexity index is 423. The van der Waals surface area contributed by atoms with Gasteiger partial charge in [-0.2, -0.15) is 0 Å². The molecule has 3 heteroatoms. The first kappa shape index (κ1) is 10.5. The van der Waals surface area contributed by atoms with E-state index in [2.05, 4.69) is 10.3 Å². The highest BCUT2D eigenvalue weighted by Gasteiger charge is 1.94. The molecule has 0 aliphatic heterocycles. The van der Waals surface area contributed by atoms with E-state index in [-0.39, 0.29) is 0 Å². The molecule has 1 heterocycles. The molecule has 0 radical (unpaired) electrons. The fourth-order valence-corrected chi connectivity index (χ4v) is 1.48. The third-order valence-electron chi connectivity index (χ3n) is 2.35. The summed E-state index contributed by atoms with van der Waals surface area (Å²) in [5.41, 5.74) is 8.59. The largest absolute Gasteiger partial charge is 0.399 e. The van der Waals surface area contributed by atoms with Crippen molar-refractivity contribution in [1.29, 1.82) is 0 Å². The SMILES string of the molecule is Nc1ccc(NCCc2ccccn2)cc1. The maximum Gasteiger partial charge on any atom is 0.0421 e. The van der Waals surface area contributed by atoms with Crippen LogP contribution >= 0.6 is 0 Å². The molecule has 0 aliphatic carbocycles. The molecular formula is C13H15N3. The first-order valence-corrected chi connectivity index (χ1v) is 5.34. The van der Waals surface area contributed by atoms with Crippen LogP contribution < -0.4 is 11.1 Å². The van der Waals surface area contributed by atoms with Gasteiger partial charge in [-0.1, -0.05) is 6.07 Å². The number of anilines is 2. The van der Waals surface area contributed by atoms with Crippen LogP contribution in [0.1, 0.15) is 5.69 Å². The molecule has 0 spiro atoms. The highest BCUT2D eigenvalue weighted by molar-refractivity contribution is 5.51. The van der Waals surface area contributed by atoms with Gasteiger partial charge >= 0.3 is 0 Å². The number of benzene rings is 1. The number of pyridine rings is 1. The lowest BCUT2D eigenvalue weighted by Crippen LogP contribution is -2.05. The predicted molar refractivity (Wildman–Crippen MR) is 67.3 cm³/mol. The van der Waals surface area contributed by atoms with Crippen molar-refractivity contribution < 1.29 is 0 Å². The lowest BCUT2D eigenvalue weighted by Gasteiger charge is -2.06. The van der Waals surface area contributed by atoms with Gasteiger partial charge in [0.2, 0.25) is 0 Å². The number of nitrogens with zero attached hydrogens (tertiary/aromatic N) is 1. The van der Waals surface area contributed by atoms with Gasteiger partial charge in [-0.25, -0.2) is 0 Å². The summed E-state index contributed by atoms with van der Waals surface area (Å²) in [6.45, 7) is 0.876. The standard InChI is InChI=1S/C13H15N3/c14-11-4-6-13(7-5-11)16-10-8-12-3-1-2-9-15-12/h1-7,9,16H,8,10,14H2. The Kier molecular flexibility index (Phi) is 3.38. The Balaban J connectivity index is 1.82. The summed E-state index contributed by atoms with van der Waals surface area (Å²) in [7, 11) is 0. The molecule has 0 unspecified atom stereocenters. The average molecular weight is 213 g/mol. The van der Waals surface area contributed by atoms with Gasteiger partial charge in [0.1, 0.15) is 0 Å². The molecule has 1 aromatic heterocycles. The Morgan fingerprint density at radius 1 is 1.06 bits per heavy atom. The number of aromatic nitrogens is 1. The van der Waals surface area contributed by atoms with Gasteiger partial charge in [0.15, 0.2) is 0 Å². The van der Waals surface area contributed by atoms with Crippen LogP contribution in [-0.4, -0.2) is 11.5 Å². The van der Waals surface area contributed by atoms with Crippen molar-refractivity contribution in [1.82, 2.24) is 4.98 Å². The van der Waals surface area contributed by atoms with Gasteiger partial charge in [0, 0.05) is 36.2 Å². The molecule has 16 heavy (non-hydrogen) atoms. The zero-order valence-corrected chi connectivity index (χ0v) is 9.06. The highest BCUT2D eigenvalue weighted by atomic mass is 14.9. The van der Waals surface area contributed by atoms with E-state index in [1.165, 1.54) is 0 Å². The zero-order chi connectivity index (χ0) is 11.2. The summed E-state index contributed by atoms with van der Waals surface area (Å²) in [6, 6.07) is 13.7. The van der Waals surface area contributed by atoms with Crippen LogP contribution in [0.4, 0.5) is 11.4 Å². The lowest BCUT2D eigenvalue weighted by molar-refractivity contribution is 0.961. The first-order chi connectivity index (χ1) is 7.84. The van der Waals surface area contributed by atoms with Crippen LogP contribution in [0.15, 0.2) is 48.7 Å². The second kappa shape index (κ2) is 5.16. The summed E-state index contributed by atoms with van der Waals surface area (Å²) >= 11 is 0. The highest BCUT2D eigenvalue weighted by Crippen LogP contribution is 2.10. The van der Waals surface area contributed by atoms with E-state index in [0.717, 1.165) is 30.0 Å². The monoisotopic (exact) mass is 213 g/mol. The summed E-state index contributed by atoms with van der Waals surface area (Å²) in [6.07, 6.45) is 2.74. The van der Waals surface area contributed by atoms with Gasteiger partial charge in [0.25, 0.3) is 0 Å². The second-order valence-electron chi connectivity index (χ2n) is 3.62. The Morgan fingerprint density at radius 3 is 2.56 bits per heavy atom. The van der Waals surface area contributed by atoms with E-state index in [4.69, 9.17) is 5.73 Å². The van der Waals surface area contributed by atoms with E-state index in [1.807, 2.05) is 48.7 Å². The summed E-state index contributed by atoms with van der Waals surface area (Å²) in [5.74, 6) is 0. The average Bonchev–Trinajstić information content (AvgIpc) is 2.33. The molecule has 0 atom stereocenters. The third-order valence-corrected chi connectivity index (χ3v) is 2.35. The van der Waals surface area contributed by atoms with Crippen LogP contribution in [0.2, 0.25) is 0 Å². The van der Waals surface area contributed by atoms with E-state index < -0.39 is 0 Å². The van der Waals surface area contributed by atoms with Crippen molar-refractivity contribution in [2.45, 2.75) is 6.42 Å². The van der Waals surface area contributed by atoms with Crippen molar-refractivity contribution in [3.05, 3.63) is 54.4 Å². The Labute approximate surface area is 95.3 Å². The van der Waals surface area contributed by atoms with Gasteiger partial charge in [-0.15, -0.1) is 0 Å². The Hall–Kier alpha value is -2.03. The van der Waals surface area contributed by atoms with E-state index in [0.29, 0.717) is 0 Å². The van der Waals surface area contributed by atoms with Crippen LogP contribution in [0.25, 0.3) is 0 Å². The summed E-state index contributed by atoms with van der Waals surface area (Å²) in [5, 5.41) is 3.32.